The van der Waals surface area contributed by atoms with Crippen molar-refractivity contribution in [3.8, 4) is 11.1 Å². The molecule has 0 spiro atoms. The Kier molecular flexibility index (Phi) is 5.24. The Balaban J connectivity index is 1.87. The van der Waals surface area contributed by atoms with Crippen LogP contribution >= 0.6 is 0 Å². The number of rotatable bonds is 5. The Morgan fingerprint density at radius 2 is 1.71 bits per heavy atom. The van der Waals surface area contributed by atoms with Crippen molar-refractivity contribution in [2.75, 3.05) is 12.3 Å². The SMILES string of the molecule is CCOC(=O)c1ccc(-c2cn(S(=O)(=O)c3ccc(C)cc3)c3nc(N)ccc23)cc1. The lowest BCUT2D eigenvalue weighted by atomic mass is 10.0. The molecule has 0 amide bonds. The van der Waals surface area contributed by atoms with Crippen molar-refractivity contribution in [2.45, 2.75) is 18.7 Å². The normalized spacial score (nSPS) is 11.5. The molecular formula is C23H21N3O4S. The second-order valence-corrected chi connectivity index (χ2v) is 8.88. The van der Waals surface area contributed by atoms with Crippen molar-refractivity contribution in [2.24, 2.45) is 0 Å². The van der Waals surface area contributed by atoms with Gasteiger partial charge in [0.05, 0.1) is 17.1 Å². The molecule has 0 bridgehead atoms. The van der Waals surface area contributed by atoms with E-state index in [4.69, 9.17) is 10.5 Å². The van der Waals surface area contributed by atoms with E-state index in [1.165, 1.54) is 6.20 Å². The summed E-state index contributed by atoms with van der Waals surface area (Å²) in [5.74, 6) is -0.192. The second kappa shape index (κ2) is 7.88. The minimum absolute atomic E-state index is 0.156. The molecule has 0 aliphatic rings. The largest absolute Gasteiger partial charge is 0.462 e. The van der Waals surface area contributed by atoms with E-state index in [-0.39, 0.29) is 23.0 Å². The van der Waals surface area contributed by atoms with Crippen molar-refractivity contribution < 1.29 is 17.9 Å². The summed E-state index contributed by atoms with van der Waals surface area (Å²) in [6, 6.07) is 16.8. The van der Waals surface area contributed by atoms with E-state index in [0.29, 0.717) is 16.5 Å². The first-order valence-electron chi connectivity index (χ1n) is 9.68. The summed E-state index contributed by atoms with van der Waals surface area (Å²) in [5.41, 5.74) is 8.87. The van der Waals surface area contributed by atoms with Gasteiger partial charge in [0.15, 0.2) is 5.65 Å². The number of carbonyl (C=O) groups is 1. The number of anilines is 1. The minimum Gasteiger partial charge on any atom is -0.462 e. The number of esters is 1. The number of nitrogen functional groups attached to an aromatic ring is 1. The third-order valence-corrected chi connectivity index (χ3v) is 6.59. The lowest BCUT2D eigenvalue weighted by Crippen LogP contribution is -2.12. The van der Waals surface area contributed by atoms with Crippen LogP contribution in [0.15, 0.2) is 71.8 Å². The number of hydrogen-bond acceptors (Lipinski definition) is 6. The maximum atomic E-state index is 13.4. The number of carbonyl (C=O) groups excluding carboxylic acids is 1. The van der Waals surface area contributed by atoms with E-state index >= 15 is 0 Å². The minimum atomic E-state index is -3.89. The van der Waals surface area contributed by atoms with Gasteiger partial charge in [-0.1, -0.05) is 29.8 Å². The van der Waals surface area contributed by atoms with Crippen LogP contribution in [0.5, 0.6) is 0 Å². The van der Waals surface area contributed by atoms with Gasteiger partial charge in [-0.25, -0.2) is 22.2 Å². The highest BCUT2D eigenvalue weighted by Crippen LogP contribution is 2.33. The van der Waals surface area contributed by atoms with E-state index in [2.05, 4.69) is 4.98 Å². The van der Waals surface area contributed by atoms with Crippen molar-refractivity contribution in [3.05, 3.63) is 78.0 Å². The van der Waals surface area contributed by atoms with E-state index < -0.39 is 16.0 Å². The summed E-state index contributed by atoms with van der Waals surface area (Å²) in [5, 5.41) is 0.633. The first kappa shape index (κ1) is 20.6. The van der Waals surface area contributed by atoms with E-state index in [0.717, 1.165) is 15.1 Å². The molecule has 0 radical (unpaired) electrons. The van der Waals surface area contributed by atoms with Gasteiger partial charge in [0.25, 0.3) is 10.0 Å². The topological polar surface area (TPSA) is 104 Å². The molecule has 0 unspecified atom stereocenters. The van der Waals surface area contributed by atoms with Crippen LogP contribution in [0.1, 0.15) is 22.8 Å². The first-order chi connectivity index (χ1) is 14.8. The fourth-order valence-electron chi connectivity index (χ4n) is 3.33. The Morgan fingerprint density at radius 3 is 2.35 bits per heavy atom. The zero-order chi connectivity index (χ0) is 22.2. The molecule has 0 saturated heterocycles. The average molecular weight is 436 g/mol. The molecule has 158 valence electrons. The zero-order valence-corrected chi connectivity index (χ0v) is 17.9. The van der Waals surface area contributed by atoms with Crippen LogP contribution in [0.2, 0.25) is 0 Å². The number of aromatic nitrogens is 2. The Bertz CT molecular complexity index is 1370. The van der Waals surface area contributed by atoms with Gasteiger partial charge in [0, 0.05) is 17.1 Å². The predicted molar refractivity (Wildman–Crippen MR) is 119 cm³/mol. The average Bonchev–Trinajstić information content (AvgIpc) is 3.14. The van der Waals surface area contributed by atoms with E-state index in [1.54, 1.807) is 67.6 Å². The van der Waals surface area contributed by atoms with Crippen LogP contribution in [0.4, 0.5) is 5.82 Å². The van der Waals surface area contributed by atoms with Crippen molar-refractivity contribution in [1.29, 1.82) is 0 Å². The molecule has 4 rings (SSSR count). The fraction of sp³-hybridized carbons (Fsp3) is 0.130. The van der Waals surface area contributed by atoms with Crippen molar-refractivity contribution in [1.82, 2.24) is 8.96 Å². The molecule has 7 nitrogen and oxygen atoms in total. The number of benzene rings is 2. The fourth-order valence-corrected chi connectivity index (χ4v) is 4.64. The second-order valence-electron chi connectivity index (χ2n) is 7.06. The summed E-state index contributed by atoms with van der Waals surface area (Å²) in [6.07, 6.45) is 1.53. The third kappa shape index (κ3) is 3.77. The predicted octanol–water partition coefficient (Wildman–Crippen LogP) is 4.01. The molecule has 0 aliphatic heterocycles. The Morgan fingerprint density at radius 1 is 1.03 bits per heavy atom. The van der Waals surface area contributed by atoms with Gasteiger partial charge in [-0.3, -0.25) is 0 Å². The van der Waals surface area contributed by atoms with Crippen LogP contribution < -0.4 is 5.73 Å². The van der Waals surface area contributed by atoms with Crippen LogP contribution in [0.25, 0.3) is 22.2 Å². The van der Waals surface area contributed by atoms with Crippen molar-refractivity contribution >= 4 is 32.8 Å². The summed E-state index contributed by atoms with van der Waals surface area (Å²) < 4.78 is 32.9. The highest BCUT2D eigenvalue weighted by molar-refractivity contribution is 7.90. The Labute approximate surface area is 180 Å². The number of nitrogens with zero attached hydrogens (tertiary/aromatic N) is 2. The van der Waals surface area contributed by atoms with Gasteiger partial charge >= 0.3 is 5.97 Å². The van der Waals surface area contributed by atoms with Crippen LogP contribution in [-0.2, 0) is 14.8 Å². The zero-order valence-electron chi connectivity index (χ0n) is 17.1. The maximum absolute atomic E-state index is 13.4. The first-order valence-corrected chi connectivity index (χ1v) is 11.1. The van der Waals surface area contributed by atoms with Gasteiger partial charge in [0.1, 0.15) is 5.82 Å². The quantitative estimate of drug-likeness (QED) is 0.475. The summed E-state index contributed by atoms with van der Waals surface area (Å²) in [7, 11) is -3.89. The number of pyridine rings is 1. The number of nitrogens with two attached hydrogens (primary N) is 1. The highest BCUT2D eigenvalue weighted by atomic mass is 32.2. The summed E-state index contributed by atoms with van der Waals surface area (Å²) in [6.45, 7) is 3.92. The molecule has 2 heterocycles. The third-order valence-electron chi connectivity index (χ3n) is 4.93. The Hall–Kier alpha value is -3.65. The standard InChI is InChI=1S/C23H21N3O4S/c1-3-30-23(27)17-8-6-16(7-9-17)20-14-26(22-19(20)12-13-21(24)25-22)31(28,29)18-10-4-15(2)5-11-18/h4-14H,3H2,1-2H3,(H2,24,25). The molecule has 0 saturated carbocycles. The summed E-state index contributed by atoms with van der Waals surface area (Å²) >= 11 is 0. The maximum Gasteiger partial charge on any atom is 0.338 e. The van der Waals surface area contributed by atoms with Gasteiger partial charge in [0.2, 0.25) is 0 Å². The van der Waals surface area contributed by atoms with E-state index in [9.17, 15) is 13.2 Å². The van der Waals surface area contributed by atoms with Crippen LogP contribution in [-0.4, -0.2) is 30.0 Å². The summed E-state index contributed by atoms with van der Waals surface area (Å²) in [4.78, 5) is 16.4. The number of aryl methyl sites for hydroxylation is 1. The van der Waals surface area contributed by atoms with E-state index in [1.807, 2.05) is 6.92 Å². The lowest BCUT2D eigenvalue weighted by Gasteiger charge is -2.07. The van der Waals surface area contributed by atoms with Gasteiger partial charge in [-0.15, -0.1) is 0 Å². The van der Waals surface area contributed by atoms with Gasteiger partial charge in [-0.2, -0.15) is 0 Å². The molecular weight excluding hydrogens is 414 g/mol. The van der Waals surface area contributed by atoms with Gasteiger partial charge in [-0.05, 0) is 55.8 Å². The molecule has 8 heteroatoms. The smallest absolute Gasteiger partial charge is 0.338 e. The van der Waals surface area contributed by atoms with Crippen LogP contribution in [0.3, 0.4) is 0 Å². The molecule has 0 fully saturated rings. The van der Waals surface area contributed by atoms with Crippen molar-refractivity contribution in [3.63, 3.8) is 0 Å². The van der Waals surface area contributed by atoms with Crippen LogP contribution in [0, 0.1) is 6.92 Å². The number of fused-ring (bicyclic) bond motifs is 1. The molecule has 0 atom stereocenters. The molecule has 2 aromatic carbocycles. The number of hydrogen-bond donors (Lipinski definition) is 1. The molecule has 4 aromatic rings. The monoisotopic (exact) mass is 435 g/mol. The molecule has 31 heavy (non-hydrogen) atoms. The lowest BCUT2D eigenvalue weighted by molar-refractivity contribution is 0.0526. The molecule has 2 N–H and O–H groups in total. The highest BCUT2D eigenvalue weighted by Gasteiger charge is 2.23. The molecule has 0 aliphatic carbocycles. The van der Waals surface area contributed by atoms with Gasteiger partial charge < -0.3 is 10.5 Å². The number of ether oxygens (including phenoxy) is 1. The molecule has 2 aromatic heterocycles.